The Morgan fingerprint density at radius 1 is 1.33 bits per heavy atom. The number of nitrogen functional groups attached to an aromatic ring is 1. The van der Waals surface area contributed by atoms with Crippen LogP contribution in [0.5, 0.6) is 5.75 Å². The minimum atomic E-state index is -4.27. The number of ether oxygens (including phenoxy) is 2. The van der Waals surface area contributed by atoms with E-state index >= 15 is 4.39 Å². The molecule has 15 heteroatoms. The maximum absolute atomic E-state index is 15.9. The summed E-state index contributed by atoms with van der Waals surface area (Å²) in [6.45, 7) is 4.27. The first-order valence-electron chi connectivity index (χ1n) is 12.5. The fraction of sp³-hybridized carbons (Fsp3) is 0.500. The number of nitrogens with two attached hydrogens (primary N) is 1. The summed E-state index contributed by atoms with van der Waals surface area (Å²) in [6.07, 6.45) is -0.893. The molecule has 4 rings (SSSR count). The molecule has 3 heterocycles. The van der Waals surface area contributed by atoms with E-state index in [4.69, 9.17) is 24.3 Å². The average molecular weight is 567 g/mol. The summed E-state index contributed by atoms with van der Waals surface area (Å²) in [5.74, 6) is -0.331. The van der Waals surface area contributed by atoms with Crippen molar-refractivity contribution in [2.45, 2.75) is 63.6 Å². The van der Waals surface area contributed by atoms with Crippen LogP contribution in [0.2, 0.25) is 0 Å². The van der Waals surface area contributed by atoms with E-state index in [9.17, 15) is 14.5 Å². The van der Waals surface area contributed by atoms with Crippen molar-refractivity contribution in [3.8, 4) is 5.75 Å². The van der Waals surface area contributed by atoms with Gasteiger partial charge < -0.3 is 24.8 Å². The number of fused-ring (bicyclic) bond motifs is 1. The van der Waals surface area contributed by atoms with Crippen molar-refractivity contribution in [2.75, 3.05) is 18.9 Å². The smallest absolute Gasteiger partial charge is 0.459 e. The maximum atomic E-state index is 15.9. The number of hydrogen-bond donors (Lipinski definition) is 3. The number of halogens is 1. The van der Waals surface area contributed by atoms with Crippen LogP contribution in [0.3, 0.4) is 0 Å². The summed E-state index contributed by atoms with van der Waals surface area (Å²) in [4.78, 5) is 20.5. The second-order valence-electron chi connectivity index (χ2n) is 9.13. The van der Waals surface area contributed by atoms with Crippen LogP contribution in [-0.2, 0) is 23.4 Å². The molecule has 0 saturated carbocycles. The lowest BCUT2D eigenvalue weighted by molar-refractivity contribution is -0.145. The third kappa shape index (κ3) is 6.20. The number of carbonyl (C=O) groups is 1. The number of anilines is 1. The van der Waals surface area contributed by atoms with Crippen LogP contribution < -0.4 is 15.3 Å². The van der Waals surface area contributed by atoms with Gasteiger partial charge in [0, 0.05) is 0 Å². The number of aromatic nitrogens is 4. The van der Waals surface area contributed by atoms with Crippen LogP contribution in [0.1, 0.15) is 45.4 Å². The predicted octanol–water partition coefficient (Wildman–Crippen LogP) is 2.76. The lowest BCUT2D eigenvalue weighted by Gasteiger charge is -2.26. The maximum Gasteiger partial charge on any atom is 0.459 e. The number of esters is 1. The van der Waals surface area contributed by atoms with E-state index < -0.39 is 50.3 Å². The molecule has 39 heavy (non-hydrogen) atoms. The van der Waals surface area contributed by atoms with Gasteiger partial charge >= 0.3 is 13.7 Å². The normalized spacial score (nSPS) is 25.3. The van der Waals surface area contributed by atoms with E-state index in [-0.39, 0.29) is 35.9 Å². The molecule has 13 nitrogen and oxygen atoms in total. The number of hydrogen-bond acceptors (Lipinski definition) is 11. The zero-order chi connectivity index (χ0) is 28.2. The third-order valence-electron chi connectivity index (χ3n) is 6.22. The van der Waals surface area contributed by atoms with Crippen molar-refractivity contribution >= 4 is 25.2 Å². The zero-order valence-electron chi connectivity index (χ0n) is 21.8. The topological polar surface area (TPSA) is 172 Å². The molecule has 1 aliphatic heterocycles. The quantitative estimate of drug-likeness (QED) is 0.216. The molecule has 1 fully saturated rings. The number of para-hydroxylation sites is 1. The molecule has 0 spiro atoms. The number of nitrogens with zero attached hydrogens (tertiary/aromatic N) is 4. The summed E-state index contributed by atoms with van der Waals surface area (Å²) in [7, 11) is -4.27. The molecule has 6 atom stereocenters. The van der Waals surface area contributed by atoms with Gasteiger partial charge in [-0.1, -0.05) is 31.5 Å². The summed E-state index contributed by atoms with van der Waals surface area (Å²) in [5, 5.41) is 17.5. The monoisotopic (exact) mass is 566 g/mol. The Hall–Kier alpha value is -3.16. The molecular weight excluding hydrogens is 534 g/mol. The molecule has 1 saturated heterocycles. The summed E-state index contributed by atoms with van der Waals surface area (Å²) in [5.41, 5.74) is 3.91. The highest BCUT2D eigenvalue weighted by atomic mass is 31.2. The lowest BCUT2D eigenvalue weighted by atomic mass is 9.93. The number of carbonyl (C=O) groups excluding carboxylic acids is 1. The van der Waals surface area contributed by atoms with Crippen molar-refractivity contribution in [2.24, 2.45) is 0 Å². The first-order valence-corrected chi connectivity index (χ1v) is 14.0. The van der Waals surface area contributed by atoms with Gasteiger partial charge in [0.25, 0.3) is 0 Å². The number of benzene rings is 1. The minimum Gasteiger partial charge on any atom is -0.465 e. The van der Waals surface area contributed by atoms with Crippen molar-refractivity contribution in [1.82, 2.24) is 24.7 Å². The van der Waals surface area contributed by atoms with Crippen molar-refractivity contribution in [3.63, 3.8) is 0 Å². The van der Waals surface area contributed by atoms with Crippen LogP contribution in [0, 0.1) is 0 Å². The second-order valence-corrected chi connectivity index (χ2v) is 10.8. The van der Waals surface area contributed by atoms with Crippen molar-refractivity contribution in [1.29, 1.82) is 0 Å². The standard InChI is InChI=1S/C24H32FN6O7P/c1-4-9-16(23(33)35-5-2)30-39(34,38-15-10-7-6-8-11-15)36-13-18-19(32)24(3,25)20(37-18)17-12-27-22-21(26)28-14-29-31(17)22/h6-8,10-12,14,16,18-20,32H,4-5,9,13H2,1-3H3,(H,30,34)(H2,26,28,29)/t16-,18+,19+,20-,24+,39?/m0/s1. The molecule has 0 amide bonds. The van der Waals surface area contributed by atoms with Crippen LogP contribution in [-0.4, -0.2) is 67.8 Å². The number of rotatable bonds is 12. The summed E-state index contributed by atoms with van der Waals surface area (Å²) in [6, 6.07) is 7.21. The van der Waals surface area contributed by atoms with Crippen LogP contribution in [0.15, 0.2) is 42.9 Å². The molecule has 2 aromatic heterocycles. The van der Waals surface area contributed by atoms with Gasteiger partial charge in [0.15, 0.2) is 17.1 Å². The van der Waals surface area contributed by atoms with Gasteiger partial charge in [0.05, 0.1) is 25.1 Å². The summed E-state index contributed by atoms with van der Waals surface area (Å²) < 4.78 is 53.3. The molecular formula is C24H32FN6O7P. The van der Waals surface area contributed by atoms with E-state index in [0.29, 0.717) is 6.42 Å². The molecule has 0 radical (unpaired) electrons. The van der Waals surface area contributed by atoms with Gasteiger partial charge in [-0.25, -0.2) is 23.4 Å². The predicted molar refractivity (Wildman–Crippen MR) is 137 cm³/mol. The van der Waals surface area contributed by atoms with Gasteiger partial charge in [0.2, 0.25) is 0 Å². The zero-order valence-corrected chi connectivity index (χ0v) is 22.7. The highest BCUT2D eigenvalue weighted by Crippen LogP contribution is 2.49. The minimum absolute atomic E-state index is 0.0866. The first kappa shape index (κ1) is 28.8. The summed E-state index contributed by atoms with van der Waals surface area (Å²) >= 11 is 0. The van der Waals surface area contributed by atoms with Crippen LogP contribution in [0.4, 0.5) is 10.2 Å². The van der Waals surface area contributed by atoms with Crippen molar-refractivity contribution < 1.29 is 37.4 Å². The van der Waals surface area contributed by atoms with Gasteiger partial charge in [-0.05, 0) is 32.4 Å². The van der Waals surface area contributed by atoms with E-state index in [1.807, 2.05) is 6.92 Å². The van der Waals surface area contributed by atoms with E-state index in [2.05, 4.69) is 20.2 Å². The highest BCUT2D eigenvalue weighted by Gasteiger charge is 2.56. The largest absolute Gasteiger partial charge is 0.465 e. The number of aliphatic hydroxyl groups excluding tert-OH is 1. The molecule has 1 unspecified atom stereocenters. The van der Waals surface area contributed by atoms with Gasteiger partial charge in [0.1, 0.15) is 36.4 Å². The molecule has 1 aromatic carbocycles. The van der Waals surface area contributed by atoms with Crippen molar-refractivity contribution in [3.05, 3.63) is 48.5 Å². The van der Waals surface area contributed by atoms with Gasteiger partial charge in [-0.3, -0.25) is 9.32 Å². The molecule has 1 aliphatic rings. The van der Waals surface area contributed by atoms with Gasteiger partial charge in [-0.2, -0.15) is 10.2 Å². The Bertz CT molecular complexity index is 1330. The number of nitrogens with one attached hydrogen (secondary N) is 1. The van der Waals surface area contributed by atoms with E-state index in [1.165, 1.54) is 24.0 Å². The van der Waals surface area contributed by atoms with Gasteiger partial charge in [-0.15, -0.1) is 0 Å². The Morgan fingerprint density at radius 2 is 2.08 bits per heavy atom. The second kappa shape index (κ2) is 11.9. The highest BCUT2D eigenvalue weighted by molar-refractivity contribution is 7.52. The molecule has 0 aliphatic carbocycles. The fourth-order valence-electron chi connectivity index (χ4n) is 4.26. The lowest BCUT2D eigenvalue weighted by Crippen LogP contribution is -2.41. The Kier molecular flexibility index (Phi) is 8.82. The fourth-order valence-corrected chi connectivity index (χ4v) is 5.80. The van der Waals surface area contributed by atoms with E-state index in [1.54, 1.807) is 37.3 Å². The Balaban J connectivity index is 1.56. The average Bonchev–Trinajstić information content (AvgIpc) is 3.42. The van der Waals surface area contributed by atoms with E-state index in [0.717, 1.165) is 0 Å². The number of alkyl halides is 1. The molecule has 3 aromatic rings. The number of aliphatic hydroxyl groups is 1. The molecule has 4 N–H and O–H groups in total. The Labute approximate surface area is 224 Å². The Morgan fingerprint density at radius 3 is 2.77 bits per heavy atom. The SMILES string of the molecule is CCC[C@H](NP(=O)(OC[C@H]1O[C@@H](c2cnc3c(N)ncnn23)[C@](C)(F)[C@@H]1O)Oc1ccccc1)C(=O)OCC. The first-order chi connectivity index (χ1) is 18.6. The third-order valence-corrected chi connectivity index (χ3v) is 7.79. The van der Waals surface area contributed by atoms with Crippen LogP contribution in [0.25, 0.3) is 5.65 Å². The molecule has 0 bridgehead atoms. The number of imidazole rings is 1. The van der Waals surface area contributed by atoms with Crippen LogP contribution >= 0.6 is 7.75 Å². The molecule has 212 valence electrons.